The minimum absolute atomic E-state index is 0.0309. The number of Topliss-reactive ketones (excluding diaryl/α,β-unsaturated/α-hetero) is 1. The molecule has 0 aromatic heterocycles. The van der Waals surface area contributed by atoms with Crippen LogP contribution in [0, 0.1) is 58.2 Å². The van der Waals surface area contributed by atoms with E-state index in [1.165, 1.54) is 0 Å². The van der Waals surface area contributed by atoms with Crippen LogP contribution in [-0.2, 0) is 9.53 Å². The summed E-state index contributed by atoms with van der Waals surface area (Å²) >= 11 is 0. The number of carbonyl (C=O) groups excluding carboxylic acids is 1. The van der Waals surface area contributed by atoms with Crippen molar-refractivity contribution in [2.45, 2.75) is 183 Å². The van der Waals surface area contributed by atoms with Crippen LogP contribution in [0.2, 0.25) is 0 Å². The third-order valence-electron chi connectivity index (χ3n) is 19.1. The molecule has 6 fully saturated rings. The summed E-state index contributed by atoms with van der Waals surface area (Å²) in [6, 6.07) is 0. The highest BCUT2D eigenvalue weighted by Gasteiger charge is 2.76. The van der Waals surface area contributed by atoms with Crippen LogP contribution >= 0.6 is 0 Å². The van der Waals surface area contributed by atoms with Gasteiger partial charge in [0.1, 0.15) is 5.60 Å². The van der Waals surface area contributed by atoms with Gasteiger partial charge in [-0.25, -0.2) is 0 Å². The smallest absolute Gasteiger partial charge is 0.182 e. The number of ketones is 1. The molecule has 352 valence electrons. The van der Waals surface area contributed by atoms with Crippen molar-refractivity contribution in [3.8, 4) is 0 Å². The maximum Gasteiger partial charge on any atom is 0.182 e. The summed E-state index contributed by atoms with van der Waals surface area (Å²) < 4.78 is 7.00. The Morgan fingerprint density at radius 3 is 2.49 bits per heavy atom. The van der Waals surface area contributed by atoms with Crippen molar-refractivity contribution in [3.63, 3.8) is 0 Å². The highest BCUT2D eigenvalue weighted by Crippen LogP contribution is 2.74. The summed E-state index contributed by atoms with van der Waals surface area (Å²) in [6.45, 7) is 5.25. The zero-order chi connectivity index (χ0) is 44.9. The summed E-state index contributed by atoms with van der Waals surface area (Å²) in [5, 5.41) is 104. The molecule has 9 aliphatic rings. The summed E-state index contributed by atoms with van der Waals surface area (Å²) in [4.78, 5) is 15.4. The Kier molecular flexibility index (Phi) is 12.3. The SMILES string of the molecule is CCC[C@H]1CC[C@H]2[C@@H]3[C@H](O)CCC[C@](O)([C@](C)(O)[C@H]4CC[C@@]5(O)C6=C(NC[C@H](C)O)C(=O)[C@@H]7C[C@@H](O)[C@@H](O)C[C@@]78C[C@H](C7=CNC(N)C=C7)C=C[C@H](C[C@]45CCO)[C@@H]68)[C@@H]3O[C@@H]2CC1. The second-order valence-electron chi connectivity index (χ2n) is 22.2. The molecule has 5 saturated carbocycles. The van der Waals surface area contributed by atoms with Crippen LogP contribution in [0.4, 0.5) is 0 Å². The van der Waals surface area contributed by atoms with Crippen LogP contribution in [0.25, 0.3) is 0 Å². The predicted molar refractivity (Wildman–Crippen MR) is 236 cm³/mol. The maximum absolute atomic E-state index is 15.4. The van der Waals surface area contributed by atoms with Gasteiger partial charge in [0.2, 0.25) is 0 Å². The molecule has 2 aliphatic heterocycles. The lowest BCUT2D eigenvalue weighted by atomic mass is 9.40. The molecule has 20 atom stereocenters. The Labute approximate surface area is 373 Å². The molecule has 2 heterocycles. The minimum atomic E-state index is -1.88. The molecule has 1 unspecified atom stereocenters. The van der Waals surface area contributed by atoms with E-state index in [1.54, 1.807) is 13.8 Å². The van der Waals surface area contributed by atoms with Crippen LogP contribution < -0.4 is 16.4 Å². The second-order valence-corrected chi connectivity index (χ2v) is 22.2. The van der Waals surface area contributed by atoms with Crippen molar-refractivity contribution < 1.29 is 50.4 Å². The topological polar surface area (TPSA) is 238 Å². The monoisotopic (exact) mass is 880 g/mol. The zero-order valence-electron chi connectivity index (χ0n) is 37.7. The molecule has 63 heavy (non-hydrogen) atoms. The normalized spacial score (nSPS) is 49.4. The van der Waals surface area contributed by atoms with Crippen LogP contribution in [0.1, 0.15) is 124 Å². The number of aliphatic hydroxyl groups excluding tert-OH is 5. The van der Waals surface area contributed by atoms with Gasteiger partial charge in [-0.05, 0) is 150 Å². The standard InChI is InChI=1S/C50H77N3O10/c1-4-6-28-8-13-32-37(14-9-28)63-45-40(32)34(56)7-5-17-50(45,62)46(3,60)38-16-18-49(61)42-41-30(23-48(38,49)19-20-54)11-10-29(31-12-15-39(51)52-26-31)22-47(41)24-36(58)35(57)21-33(47)44(59)43(42)53-25-27(2)55/h10-12,15,26-30,32-41,45,52-58,60-62H,4-9,13-14,16-25,51H2,1-3H3/t27-,28-,29+,30+,32+,33-,34+,35+,36-,37+,38+,39?,40+,41-,45+,46+,47-,48+,49+,50+/m0/s1. The van der Waals surface area contributed by atoms with E-state index in [9.17, 15) is 40.9 Å². The molecule has 0 aromatic carbocycles. The number of carbonyl (C=O) groups is 1. The second kappa shape index (κ2) is 16.9. The Hall–Kier alpha value is -2.17. The van der Waals surface area contributed by atoms with E-state index in [4.69, 9.17) is 10.5 Å². The molecule has 1 spiro atoms. The van der Waals surface area contributed by atoms with Crippen molar-refractivity contribution in [3.05, 3.63) is 47.3 Å². The Bertz CT molecular complexity index is 1870. The molecule has 9 rings (SSSR count). The van der Waals surface area contributed by atoms with Gasteiger partial charge in [-0.2, -0.15) is 0 Å². The van der Waals surface area contributed by atoms with Gasteiger partial charge in [0, 0.05) is 42.5 Å². The maximum atomic E-state index is 15.4. The molecule has 13 nitrogen and oxygen atoms in total. The van der Waals surface area contributed by atoms with Crippen molar-refractivity contribution in [1.82, 2.24) is 10.6 Å². The van der Waals surface area contributed by atoms with Crippen LogP contribution in [0.15, 0.2) is 47.3 Å². The molecule has 0 aromatic rings. The highest BCUT2D eigenvalue weighted by molar-refractivity contribution is 6.00. The number of aliphatic hydroxyl groups is 8. The number of allylic oxidation sites excluding steroid dienone is 5. The first-order valence-corrected chi connectivity index (χ1v) is 24.7. The fraction of sp³-hybridized carbons (Fsp3) is 0.820. The third-order valence-corrected chi connectivity index (χ3v) is 19.1. The van der Waals surface area contributed by atoms with Gasteiger partial charge < -0.3 is 62.0 Å². The summed E-state index contributed by atoms with van der Waals surface area (Å²) in [7, 11) is 0. The summed E-state index contributed by atoms with van der Waals surface area (Å²) in [5.41, 5.74) is 0.241. The summed E-state index contributed by atoms with van der Waals surface area (Å²) in [6.07, 6.45) is 13.8. The Morgan fingerprint density at radius 2 is 1.78 bits per heavy atom. The fourth-order valence-corrected chi connectivity index (χ4v) is 16.3. The van der Waals surface area contributed by atoms with Gasteiger partial charge in [0.15, 0.2) is 5.78 Å². The number of ether oxygens (including phenoxy) is 1. The quantitative estimate of drug-likeness (QED) is 0.142. The lowest BCUT2D eigenvalue weighted by Gasteiger charge is -2.65. The molecule has 0 bridgehead atoms. The van der Waals surface area contributed by atoms with E-state index in [0.717, 1.165) is 44.1 Å². The number of rotatable bonds is 10. The van der Waals surface area contributed by atoms with E-state index in [2.05, 4.69) is 29.7 Å². The van der Waals surface area contributed by atoms with E-state index in [-0.39, 0.29) is 99.1 Å². The average Bonchev–Trinajstić information content (AvgIpc) is 3.56. The molecular formula is C50H77N3O10. The minimum Gasteiger partial charge on any atom is -0.396 e. The zero-order valence-corrected chi connectivity index (χ0v) is 37.7. The van der Waals surface area contributed by atoms with E-state index >= 15 is 4.79 Å². The molecule has 12 N–H and O–H groups in total. The molecule has 0 amide bonds. The number of dihydropyridines is 1. The van der Waals surface area contributed by atoms with Gasteiger partial charge in [-0.15, -0.1) is 0 Å². The fourth-order valence-electron chi connectivity index (χ4n) is 16.3. The van der Waals surface area contributed by atoms with Crippen molar-refractivity contribution in [2.24, 2.45) is 63.9 Å². The average molecular weight is 880 g/mol. The van der Waals surface area contributed by atoms with Gasteiger partial charge in [-0.1, -0.05) is 44.4 Å². The van der Waals surface area contributed by atoms with Gasteiger partial charge in [-0.3, -0.25) is 4.79 Å². The first-order valence-electron chi connectivity index (χ1n) is 24.7. The Morgan fingerprint density at radius 1 is 1.00 bits per heavy atom. The van der Waals surface area contributed by atoms with Crippen LogP contribution in [0.5, 0.6) is 0 Å². The van der Waals surface area contributed by atoms with Crippen LogP contribution in [0.3, 0.4) is 0 Å². The number of hydrogen-bond acceptors (Lipinski definition) is 13. The largest absolute Gasteiger partial charge is 0.396 e. The van der Waals surface area contributed by atoms with E-state index in [0.29, 0.717) is 37.2 Å². The van der Waals surface area contributed by atoms with Gasteiger partial charge >= 0.3 is 0 Å². The highest BCUT2D eigenvalue weighted by atomic mass is 16.5. The lowest BCUT2D eigenvalue weighted by molar-refractivity contribution is -0.259. The number of nitrogens with one attached hydrogen (secondary N) is 2. The van der Waals surface area contributed by atoms with Crippen LogP contribution in [-0.4, -0.2) is 119 Å². The Balaban J connectivity index is 1.18. The van der Waals surface area contributed by atoms with Crippen molar-refractivity contribution in [1.29, 1.82) is 0 Å². The van der Waals surface area contributed by atoms with Crippen molar-refractivity contribution >= 4 is 5.78 Å². The number of hydrogen-bond donors (Lipinski definition) is 11. The molecule has 13 heteroatoms. The van der Waals surface area contributed by atoms with Crippen molar-refractivity contribution in [2.75, 3.05) is 13.2 Å². The number of fused-ring (bicyclic) bond motifs is 5. The first-order chi connectivity index (χ1) is 30.0. The summed E-state index contributed by atoms with van der Waals surface area (Å²) in [5.74, 6) is -2.50. The predicted octanol–water partition coefficient (Wildman–Crippen LogP) is 2.98. The first kappa shape index (κ1) is 46.0. The lowest BCUT2D eigenvalue weighted by Crippen LogP contribution is -2.70. The third kappa shape index (κ3) is 7.02. The van der Waals surface area contributed by atoms with E-state index in [1.807, 2.05) is 18.4 Å². The van der Waals surface area contributed by atoms with Gasteiger partial charge in [0.05, 0.1) is 59.7 Å². The van der Waals surface area contributed by atoms with Gasteiger partial charge in [0.25, 0.3) is 0 Å². The molecule has 0 radical (unpaired) electrons. The molecule has 7 aliphatic carbocycles. The van der Waals surface area contributed by atoms with E-state index < -0.39 is 75.9 Å². The molecule has 1 saturated heterocycles. The molecular weight excluding hydrogens is 803 g/mol. The number of nitrogens with two attached hydrogens (primary N) is 1.